The molecule has 0 aliphatic heterocycles. The van der Waals surface area contributed by atoms with E-state index >= 15 is 0 Å². The molecule has 2 rings (SSSR count). The van der Waals surface area contributed by atoms with Gasteiger partial charge in [0, 0.05) is 11.8 Å². The van der Waals surface area contributed by atoms with Crippen LogP contribution in [0.4, 0.5) is 5.69 Å². The first kappa shape index (κ1) is 12.3. The fourth-order valence-corrected chi connectivity index (χ4v) is 2.47. The van der Waals surface area contributed by atoms with Crippen molar-refractivity contribution in [2.45, 2.75) is 6.54 Å². The Kier molecular flexibility index (Phi) is 3.96. The lowest BCUT2D eigenvalue weighted by molar-refractivity contribution is -0.116. The van der Waals surface area contributed by atoms with E-state index in [1.54, 1.807) is 10.7 Å². The zero-order valence-electron chi connectivity index (χ0n) is 8.73. The maximum Gasteiger partial charge on any atom is 0.246 e. The quantitative estimate of drug-likeness (QED) is 0.916. The summed E-state index contributed by atoms with van der Waals surface area (Å²) in [7, 11) is 0. The number of rotatable bonds is 3. The Bertz CT molecular complexity index is 525. The van der Waals surface area contributed by atoms with Gasteiger partial charge in [-0.15, -0.1) is 0 Å². The van der Waals surface area contributed by atoms with Gasteiger partial charge in [-0.3, -0.25) is 4.79 Å². The summed E-state index contributed by atoms with van der Waals surface area (Å²) in [5, 5.41) is 6.91. The number of hydrogen-bond acceptors (Lipinski definition) is 2. The average molecular weight is 359 g/mol. The number of carbonyl (C=O) groups is 1. The van der Waals surface area contributed by atoms with Crippen LogP contribution in [-0.2, 0) is 11.3 Å². The molecule has 0 aliphatic carbocycles. The predicted octanol–water partition coefficient (Wildman–Crippen LogP) is 3.05. The Morgan fingerprint density at radius 3 is 2.59 bits per heavy atom. The largest absolute Gasteiger partial charge is 0.324 e. The summed E-state index contributed by atoms with van der Waals surface area (Å²) in [6, 6.07) is 11.1. The first-order chi connectivity index (χ1) is 8.15. The lowest BCUT2D eigenvalue weighted by atomic mass is 10.3. The highest BCUT2D eigenvalue weighted by Gasteiger charge is 2.08. The molecule has 1 aromatic carbocycles. The van der Waals surface area contributed by atoms with Crippen molar-refractivity contribution in [3.8, 4) is 0 Å². The van der Waals surface area contributed by atoms with E-state index < -0.39 is 0 Å². The molecule has 1 aromatic heterocycles. The van der Waals surface area contributed by atoms with Crippen molar-refractivity contribution in [1.82, 2.24) is 9.78 Å². The second kappa shape index (κ2) is 5.46. The van der Waals surface area contributed by atoms with Gasteiger partial charge in [0.15, 0.2) is 0 Å². The summed E-state index contributed by atoms with van der Waals surface area (Å²) in [6.45, 7) is 0.168. The van der Waals surface area contributed by atoms with Gasteiger partial charge in [-0.2, -0.15) is 5.10 Å². The molecule has 0 radical (unpaired) electrons. The van der Waals surface area contributed by atoms with E-state index in [0.717, 1.165) is 10.3 Å². The molecule has 0 unspecified atom stereocenters. The molecule has 0 fully saturated rings. The second-order valence-electron chi connectivity index (χ2n) is 3.36. The summed E-state index contributed by atoms with van der Waals surface area (Å²) in [5.41, 5.74) is 0.778. The SMILES string of the molecule is O=C(Cn1nc(Br)cc1Br)Nc1ccccc1. The fraction of sp³-hybridized carbons (Fsp3) is 0.0909. The van der Waals surface area contributed by atoms with Crippen LogP contribution in [-0.4, -0.2) is 15.7 Å². The third-order valence-corrected chi connectivity index (χ3v) is 3.08. The van der Waals surface area contributed by atoms with Crippen LogP contribution >= 0.6 is 31.9 Å². The molecular formula is C11H9Br2N3O. The Morgan fingerprint density at radius 1 is 1.29 bits per heavy atom. The van der Waals surface area contributed by atoms with Crippen molar-refractivity contribution in [3.63, 3.8) is 0 Å². The molecule has 0 saturated heterocycles. The molecule has 2 aromatic rings. The molecule has 0 bridgehead atoms. The number of hydrogen-bond donors (Lipinski definition) is 1. The van der Waals surface area contributed by atoms with Crippen molar-refractivity contribution in [2.75, 3.05) is 5.32 Å². The Hall–Kier alpha value is -1.14. The van der Waals surface area contributed by atoms with Crippen molar-refractivity contribution in [1.29, 1.82) is 0 Å². The van der Waals surface area contributed by atoms with Gasteiger partial charge in [0.1, 0.15) is 15.8 Å². The number of nitrogens with zero attached hydrogens (tertiary/aromatic N) is 2. The highest BCUT2D eigenvalue weighted by molar-refractivity contribution is 9.11. The number of carbonyl (C=O) groups excluding carboxylic acids is 1. The van der Waals surface area contributed by atoms with Gasteiger partial charge in [0.25, 0.3) is 0 Å². The zero-order valence-corrected chi connectivity index (χ0v) is 11.9. The fourth-order valence-electron chi connectivity index (χ4n) is 1.33. The third kappa shape index (κ3) is 3.41. The molecule has 1 heterocycles. The van der Waals surface area contributed by atoms with Crippen LogP contribution in [0.3, 0.4) is 0 Å². The summed E-state index contributed by atoms with van der Waals surface area (Å²) in [6.07, 6.45) is 0. The number of benzene rings is 1. The van der Waals surface area contributed by atoms with Crippen molar-refractivity contribution in [2.24, 2.45) is 0 Å². The summed E-state index contributed by atoms with van der Waals surface area (Å²) in [4.78, 5) is 11.7. The Morgan fingerprint density at radius 2 is 2.00 bits per heavy atom. The van der Waals surface area contributed by atoms with Gasteiger partial charge in [-0.05, 0) is 44.0 Å². The van der Waals surface area contributed by atoms with Gasteiger partial charge < -0.3 is 5.32 Å². The van der Waals surface area contributed by atoms with E-state index in [1.165, 1.54) is 0 Å². The van der Waals surface area contributed by atoms with Gasteiger partial charge in [-0.25, -0.2) is 4.68 Å². The molecule has 4 nitrogen and oxygen atoms in total. The lowest BCUT2D eigenvalue weighted by Crippen LogP contribution is -2.19. The van der Waals surface area contributed by atoms with Crippen LogP contribution in [0.1, 0.15) is 0 Å². The number of para-hydroxylation sites is 1. The van der Waals surface area contributed by atoms with Gasteiger partial charge >= 0.3 is 0 Å². The van der Waals surface area contributed by atoms with Crippen molar-refractivity contribution < 1.29 is 4.79 Å². The number of halogens is 2. The van der Waals surface area contributed by atoms with E-state index in [-0.39, 0.29) is 12.5 Å². The highest BCUT2D eigenvalue weighted by atomic mass is 79.9. The van der Waals surface area contributed by atoms with Crippen LogP contribution in [0.2, 0.25) is 0 Å². The van der Waals surface area contributed by atoms with E-state index in [1.807, 2.05) is 30.3 Å². The van der Waals surface area contributed by atoms with Crippen LogP contribution in [0.15, 0.2) is 45.6 Å². The van der Waals surface area contributed by atoms with Crippen LogP contribution in [0.25, 0.3) is 0 Å². The minimum atomic E-state index is -0.118. The van der Waals surface area contributed by atoms with Gasteiger partial charge in [-0.1, -0.05) is 18.2 Å². The molecular weight excluding hydrogens is 350 g/mol. The number of amides is 1. The van der Waals surface area contributed by atoms with E-state index in [4.69, 9.17) is 0 Å². The van der Waals surface area contributed by atoms with Gasteiger partial charge in [0.05, 0.1) is 0 Å². The molecule has 1 N–H and O–H groups in total. The van der Waals surface area contributed by atoms with Crippen LogP contribution < -0.4 is 5.32 Å². The maximum absolute atomic E-state index is 11.7. The summed E-state index contributed by atoms with van der Waals surface area (Å²) >= 11 is 6.57. The second-order valence-corrected chi connectivity index (χ2v) is 4.99. The smallest absolute Gasteiger partial charge is 0.246 e. The maximum atomic E-state index is 11.7. The van der Waals surface area contributed by atoms with Crippen LogP contribution in [0.5, 0.6) is 0 Å². The minimum absolute atomic E-state index is 0.118. The molecule has 88 valence electrons. The van der Waals surface area contributed by atoms with Crippen LogP contribution in [0, 0.1) is 0 Å². The molecule has 1 amide bonds. The highest BCUT2D eigenvalue weighted by Crippen LogP contribution is 2.16. The predicted molar refractivity (Wildman–Crippen MR) is 72.7 cm³/mol. The molecule has 0 spiro atoms. The molecule has 0 atom stereocenters. The molecule has 17 heavy (non-hydrogen) atoms. The lowest BCUT2D eigenvalue weighted by Gasteiger charge is -2.05. The Labute approximate surface area is 115 Å². The normalized spacial score (nSPS) is 10.2. The first-order valence-corrected chi connectivity index (χ1v) is 6.47. The first-order valence-electron chi connectivity index (χ1n) is 4.89. The number of aromatic nitrogens is 2. The van der Waals surface area contributed by atoms with Gasteiger partial charge in [0.2, 0.25) is 5.91 Å². The van der Waals surface area contributed by atoms with E-state index in [0.29, 0.717) is 4.60 Å². The summed E-state index contributed by atoms with van der Waals surface area (Å²) < 4.78 is 3.02. The number of nitrogens with one attached hydrogen (secondary N) is 1. The number of anilines is 1. The average Bonchev–Trinajstić information content (AvgIpc) is 2.58. The standard InChI is InChI=1S/C11H9Br2N3O/c12-9-6-10(13)16(15-9)7-11(17)14-8-4-2-1-3-5-8/h1-6H,7H2,(H,14,17). The summed E-state index contributed by atoms with van der Waals surface area (Å²) in [5.74, 6) is -0.118. The minimum Gasteiger partial charge on any atom is -0.324 e. The van der Waals surface area contributed by atoms with Crippen molar-refractivity contribution >= 4 is 43.5 Å². The monoisotopic (exact) mass is 357 g/mol. The molecule has 0 saturated carbocycles. The Balaban J connectivity index is 2.01. The van der Waals surface area contributed by atoms with E-state index in [2.05, 4.69) is 42.3 Å². The van der Waals surface area contributed by atoms with E-state index in [9.17, 15) is 4.79 Å². The van der Waals surface area contributed by atoms with Crippen molar-refractivity contribution in [3.05, 3.63) is 45.6 Å². The zero-order chi connectivity index (χ0) is 12.3. The third-order valence-electron chi connectivity index (χ3n) is 2.05. The molecule has 0 aliphatic rings. The topological polar surface area (TPSA) is 46.9 Å². The molecule has 6 heteroatoms.